The first-order valence-corrected chi connectivity index (χ1v) is 6.59. The quantitative estimate of drug-likeness (QED) is 0.743. The van der Waals surface area contributed by atoms with Crippen molar-refractivity contribution in [2.45, 2.75) is 19.9 Å². The van der Waals surface area contributed by atoms with Gasteiger partial charge >= 0.3 is 0 Å². The van der Waals surface area contributed by atoms with Crippen LogP contribution in [-0.2, 0) is 4.79 Å². The van der Waals surface area contributed by atoms with Gasteiger partial charge in [-0.25, -0.2) is 0 Å². The molecule has 20 heavy (non-hydrogen) atoms. The minimum atomic E-state index is -0.171. The molecule has 0 spiro atoms. The molecule has 0 aliphatic heterocycles. The molecular formula is C15H22N2O3. The molecule has 1 aromatic carbocycles. The first-order chi connectivity index (χ1) is 9.56. The Hall–Kier alpha value is -2.01. The highest BCUT2D eigenvalue weighted by Crippen LogP contribution is 2.28. The van der Waals surface area contributed by atoms with Gasteiger partial charge in [0, 0.05) is 18.7 Å². The molecular weight excluding hydrogens is 256 g/mol. The molecule has 3 N–H and O–H groups in total. The standard InChI is InChI=1S/C15H22N2O3/c1-4-20-13-7-5-12(9-14(13)19-3)6-8-15(18)17-10-11(2)16/h5-9,11H,4,10,16H2,1-3H3,(H,17,18)/b8-6+. The number of amides is 1. The van der Waals surface area contributed by atoms with Crippen LogP contribution in [0.4, 0.5) is 0 Å². The van der Waals surface area contributed by atoms with E-state index in [4.69, 9.17) is 15.2 Å². The monoisotopic (exact) mass is 278 g/mol. The number of ether oxygens (including phenoxy) is 2. The summed E-state index contributed by atoms with van der Waals surface area (Å²) in [6.07, 6.45) is 3.19. The van der Waals surface area contributed by atoms with Gasteiger partial charge in [0.2, 0.25) is 5.91 Å². The maximum absolute atomic E-state index is 11.5. The van der Waals surface area contributed by atoms with Gasteiger partial charge < -0.3 is 20.5 Å². The number of carbonyl (C=O) groups is 1. The van der Waals surface area contributed by atoms with Gasteiger partial charge in [-0.3, -0.25) is 4.79 Å². The van der Waals surface area contributed by atoms with E-state index in [1.165, 1.54) is 6.08 Å². The average molecular weight is 278 g/mol. The molecule has 0 saturated heterocycles. The van der Waals surface area contributed by atoms with E-state index >= 15 is 0 Å². The largest absolute Gasteiger partial charge is 0.493 e. The Morgan fingerprint density at radius 3 is 2.80 bits per heavy atom. The van der Waals surface area contributed by atoms with Crippen molar-refractivity contribution in [2.24, 2.45) is 5.73 Å². The third-order valence-corrected chi connectivity index (χ3v) is 2.51. The number of benzene rings is 1. The first kappa shape index (κ1) is 16.0. The fourth-order valence-electron chi connectivity index (χ4n) is 1.56. The predicted octanol–water partition coefficient (Wildman–Crippen LogP) is 1.57. The zero-order valence-electron chi connectivity index (χ0n) is 12.2. The van der Waals surface area contributed by atoms with Crippen LogP contribution >= 0.6 is 0 Å². The second-order valence-electron chi connectivity index (χ2n) is 4.40. The fraction of sp³-hybridized carbons (Fsp3) is 0.400. The van der Waals surface area contributed by atoms with E-state index in [2.05, 4.69) is 5.32 Å². The molecule has 1 aromatic rings. The van der Waals surface area contributed by atoms with Crippen molar-refractivity contribution in [2.75, 3.05) is 20.3 Å². The van der Waals surface area contributed by atoms with Crippen molar-refractivity contribution < 1.29 is 14.3 Å². The summed E-state index contributed by atoms with van der Waals surface area (Å²) in [6.45, 7) is 4.78. The lowest BCUT2D eigenvalue weighted by atomic mass is 10.2. The van der Waals surface area contributed by atoms with E-state index < -0.39 is 0 Å². The van der Waals surface area contributed by atoms with Crippen molar-refractivity contribution in [3.05, 3.63) is 29.8 Å². The van der Waals surface area contributed by atoms with Crippen molar-refractivity contribution in [3.63, 3.8) is 0 Å². The van der Waals surface area contributed by atoms with Gasteiger partial charge in [0.25, 0.3) is 0 Å². The first-order valence-electron chi connectivity index (χ1n) is 6.59. The van der Waals surface area contributed by atoms with Crippen LogP contribution in [0.25, 0.3) is 6.08 Å². The van der Waals surface area contributed by atoms with Crippen LogP contribution < -0.4 is 20.5 Å². The number of hydrogen-bond donors (Lipinski definition) is 2. The van der Waals surface area contributed by atoms with E-state index in [-0.39, 0.29) is 11.9 Å². The average Bonchev–Trinajstić information content (AvgIpc) is 2.44. The Kier molecular flexibility index (Phi) is 6.59. The minimum absolute atomic E-state index is 0.0575. The molecule has 0 fully saturated rings. The second kappa shape index (κ2) is 8.22. The molecule has 1 rings (SSSR count). The van der Waals surface area contributed by atoms with E-state index in [0.717, 1.165) is 5.56 Å². The zero-order chi connectivity index (χ0) is 15.0. The highest BCUT2D eigenvalue weighted by molar-refractivity contribution is 5.91. The number of nitrogens with two attached hydrogens (primary N) is 1. The third kappa shape index (κ3) is 5.32. The third-order valence-electron chi connectivity index (χ3n) is 2.51. The fourth-order valence-corrected chi connectivity index (χ4v) is 1.56. The highest BCUT2D eigenvalue weighted by Gasteiger charge is 2.04. The zero-order valence-corrected chi connectivity index (χ0v) is 12.2. The van der Waals surface area contributed by atoms with E-state index in [0.29, 0.717) is 24.7 Å². The molecule has 0 saturated carbocycles. The Balaban J connectivity index is 2.70. The maximum Gasteiger partial charge on any atom is 0.244 e. The molecule has 0 aliphatic carbocycles. The van der Waals surface area contributed by atoms with Crippen molar-refractivity contribution in [1.29, 1.82) is 0 Å². The summed E-state index contributed by atoms with van der Waals surface area (Å²) in [5.41, 5.74) is 6.42. The van der Waals surface area contributed by atoms with Crippen LogP contribution in [0.1, 0.15) is 19.4 Å². The molecule has 5 heteroatoms. The number of methoxy groups -OCH3 is 1. The summed E-state index contributed by atoms with van der Waals surface area (Å²) in [6, 6.07) is 5.45. The Morgan fingerprint density at radius 1 is 1.45 bits per heavy atom. The van der Waals surface area contributed by atoms with Gasteiger partial charge in [0.1, 0.15) is 0 Å². The summed E-state index contributed by atoms with van der Waals surface area (Å²) < 4.78 is 10.7. The van der Waals surface area contributed by atoms with Crippen LogP contribution in [0, 0.1) is 0 Å². The summed E-state index contributed by atoms with van der Waals surface area (Å²) in [4.78, 5) is 11.5. The lowest BCUT2D eigenvalue weighted by Crippen LogP contribution is -2.34. The van der Waals surface area contributed by atoms with Crippen molar-refractivity contribution in [1.82, 2.24) is 5.32 Å². The molecule has 1 amide bonds. The summed E-state index contributed by atoms with van der Waals surface area (Å²) >= 11 is 0. The number of hydrogen-bond acceptors (Lipinski definition) is 4. The topological polar surface area (TPSA) is 73.6 Å². The SMILES string of the molecule is CCOc1ccc(/C=C/C(=O)NCC(C)N)cc1OC. The molecule has 5 nitrogen and oxygen atoms in total. The Morgan fingerprint density at radius 2 is 2.20 bits per heavy atom. The van der Waals surface area contributed by atoms with E-state index in [1.54, 1.807) is 13.2 Å². The van der Waals surface area contributed by atoms with Gasteiger partial charge in [-0.1, -0.05) is 6.07 Å². The number of carbonyl (C=O) groups excluding carboxylic acids is 1. The van der Waals surface area contributed by atoms with E-state index in [9.17, 15) is 4.79 Å². The lowest BCUT2D eigenvalue weighted by Gasteiger charge is -2.09. The molecule has 1 unspecified atom stereocenters. The van der Waals surface area contributed by atoms with Gasteiger partial charge in [-0.05, 0) is 37.6 Å². The summed E-state index contributed by atoms with van der Waals surface area (Å²) in [5, 5.41) is 2.71. The van der Waals surface area contributed by atoms with Crippen molar-refractivity contribution >= 4 is 12.0 Å². The van der Waals surface area contributed by atoms with Crippen molar-refractivity contribution in [3.8, 4) is 11.5 Å². The molecule has 0 aromatic heterocycles. The van der Waals surface area contributed by atoms with Crippen LogP contribution in [0.2, 0.25) is 0 Å². The molecule has 0 heterocycles. The molecule has 0 radical (unpaired) electrons. The minimum Gasteiger partial charge on any atom is -0.493 e. The lowest BCUT2D eigenvalue weighted by molar-refractivity contribution is -0.116. The van der Waals surface area contributed by atoms with Gasteiger partial charge in [0.15, 0.2) is 11.5 Å². The number of rotatable bonds is 7. The molecule has 0 aliphatic rings. The molecule has 0 bridgehead atoms. The van der Waals surface area contributed by atoms with Crippen LogP contribution in [0.3, 0.4) is 0 Å². The Labute approximate surface area is 119 Å². The maximum atomic E-state index is 11.5. The van der Waals surface area contributed by atoms with Gasteiger partial charge in [-0.15, -0.1) is 0 Å². The smallest absolute Gasteiger partial charge is 0.244 e. The van der Waals surface area contributed by atoms with E-state index in [1.807, 2.05) is 32.0 Å². The predicted molar refractivity (Wildman–Crippen MR) is 79.9 cm³/mol. The van der Waals surface area contributed by atoms with Gasteiger partial charge in [-0.2, -0.15) is 0 Å². The summed E-state index contributed by atoms with van der Waals surface area (Å²) in [7, 11) is 1.58. The second-order valence-corrected chi connectivity index (χ2v) is 4.40. The highest BCUT2D eigenvalue weighted by atomic mass is 16.5. The number of nitrogens with one attached hydrogen (secondary N) is 1. The normalized spacial score (nSPS) is 12.2. The van der Waals surface area contributed by atoms with Gasteiger partial charge in [0.05, 0.1) is 13.7 Å². The summed E-state index contributed by atoms with van der Waals surface area (Å²) in [5.74, 6) is 1.16. The van der Waals surface area contributed by atoms with Crippen LogP contribution in [0.5, 0.6) is 11.5 Å². The molecule has 110 valence electrons. The van der Waals surface area contributed by atoms with Crippen LogP contribution in [0.15, 0.2) is 24.3 Å². The molecule has 1 atom stereocenters. The Bertz CT molecular complexity index is 470. The van der Waals surface area contributed by atoms with Crippen LogP contribution in [-0.4, -0.2) is 32.2 Å².